The highest BCUT2D eigenvalue weighted by Crippen LogP contribution is 2.41. The van der Waals surface area contributed by atoms with Crippen molar-refractivity contribution in [2.45, 2.75) is 51.6 Å². The first-order valence-electron chi connectivity index (χ1n) is 9.57. The zero-order valence-corrected chi connectivity index (χ0v) is 15.1. The van der Waals surface area contributed by atoms with Gasteiger partial charge >= 0.3 is 0 Å². The third-order valence-corrected chi connectivity index (χ3v) is 6.18. The molecule has 6 nitrogen and oxygen atoms in total. The highest BCUT2D eigenvalue weighted by Gasteiger charge is 2.42. The quantitative estimate of drug-likeness (QED) is 0.841. The number of carbonyl (C=O) groups excluding carboxylic acids is 1. The highest BCUT2D eigenvalue weighted by molar-refractivity contribution is 5.77. The van der Waals surface area contributed by atoms with E-state index in [9.17, 15) is 4.79 Å². The molecule has 6 heteroatoms. The Morgan fingerprint density at radius 1 is 1.24 bits per heavy atom. The van der Waals surface area contributed by atoms with Crippen LogP contribution in [0.15, 0.2) is 12.4 Å². The molecule has 1 amide bonds. The van der Waals surface area contributed by atoms with Gasteiger partial charge in [-0.15, -0.1) is 0 Å². The van der Waals surface area contributed by atoms with Crippen molar-refractivity contribution in [2.75, 3.05) is 37.7 Å². The maximum Gasteiger partial charge on any atom is 0.222 e. The van der Waals surface area contributed by atoms with E-state index in [0.29, 0.717) is 12.3 Å². The Morgan fingerprint density at radius 2 is 2.04 bits per heavy atom. The highest BCUT2D eigenvalue weighted by atomic mass is 16.5. The molecule has 0 aromatic carbocycles. The van der Waals surface area contributed by atoms with Gasteiger partial charge in [-0.25, -0.2) is 4.98 Å². The number of amides is 1. The molecule has 25 heavy (non-hydrogen) atoms. The number of hydrogen-bond acceptors (Lipinski definition) is 5. The van der Waals surface area contributed by atoms with E-state index in [4.69, 9.17) is 4.74 Å². The molecule has 3 fully saturated rings. The number of nitrogens with zero attached hydrogens (tertiary/aromatic N) is 4. The number of rotatable bonds is 3. The van der Waals surface area contributed by atoms with Crippen LogP contribution in [0.3, 0.4) is 0 Å². The van der Waals surface area contributed by atoms with Crippen molar-refractivity contribution < 1.29 is 9.53 Å². The summed E-state index contributed by atoms with van der Waals surface area (Å²) in [4.78, 5) is 25.7. The lowest BCUT2D eigenvalue weighted by atomic mass is 9.72. The Kier molecular flexibility index (Phi) is 4.63. The minimum absolute atomic E-state index is 0.251. The maximum atomic E-state index is 12.4. The summed E-state index contributed by atoms with van der Waals surface area (Å²) < 4.78 is 5.75. The number of piperidine rings is 2. The molecule has 3 saturated heterocycles. The predicted molar refractivity (Wildman–Crippen MR) is 95.4 cm³/mol. The van der Waals surface area contributed by atoms with E-state index in [2.05, 4.69) is 19.8 Å². The van der Waals surface area contributed by atoms with Crippen LogP contribution in [-0.4, -0.2) is 59.7 Å². The molecule has 136 valence electrons. The van der Waals surface area contributed by atoms with Gasteiger partial charge in [0.05, 0.1) is 11.8 Å². The van der Waals surface area contributed by atoms with E-state index in [0.717, 1.165) is 76.4 Å². The molecule has 4 rings (SSSR count). The number of aryl methyl sites for hydroxylation is 1. The summed E-state index contributed by atoms with van der Waals surface area (Å²) >= 11 is 0. The smallest absolute Gasteiger partial charge is 0.222 e. The monoisotopic (exact) mass is 344 g/mol. The van der Waals surface area contributed by atoms with Gasteiger partial charge in [0.15, 0.2) is 0 Å². The molecule has 1 aromatic heterocycles. The number of likely N-dealkylation sites (tertiary alicyclic amines) is 1. The van der Waals surface area contributed by atoms with Gasteiger partial charge in [0.1, 0.15) is 5.82 Å². The van der Waals surface area contributed by atoms with E-state index >= 15 is 0 Å². The van der Waals surface area contributed by atoms with Crippen molar-refractivity contribution in [3.8, 4) is 0 Å². The molecule has 0 N–H and O–H groups in total. The van der Waals surface area contributed by atoms with E-state index in [1.54, 1.807) is 12.4 Å². The van der Waals surface area contributed by atoms with Gasteiger partial charge in [0.25, 0.3) is 0 Å². The summed E-state index contributed by atoms with van der Waals surface area (Å²) in [5, 5.41) is 0. The minimum atomic E-state index is 0.251. The van der Waals surface area contributed by atoms with Crippen molar-refractivity contribution in [3.63, 3.8) is 0 Å². The van der Waals surface area contributed by atoms with Crippen LogP contribution in [0.5, 0.6) is 0 Å². The molecule has 4 heterocycles. The number of ether oxygens (including phenoxy) is 1. The Morgan fingerprint density at radius 3 is 2.76 bits per heavy atom. The predicted octanol–water partition coefficient (Wildman–Crippen LogP) is 2.17. The average molecular weight is 344 g/mol. The van der Waals surface area contributed by atoms with Crippen LogP contribution in [0.1, 0.15) is 44.2 Å². The lowest BCUT2D eigenvalue weighted by molar-refractivity contribution is -0.140. The van der Waals surface area contributed by atoms with Gasteiger partial charge in [-0.1, -0.05) is 0 Å². The van der Waals surface area contributed by atoms with Gasteiger partial charge in [0.2, 0.25) is 5.91 Å². The third-order valence-electron chi connectivity index (χ3n) is 6.18. The van der Waals surface area contributed by atoms with Gasteiger partial charge in [-0.05, 0) is 44.4 Å². The first-order valence-corrected chi connectivity index (χ1v) is 9.57. The van der Waals surface area contributed by atoms with Crippen LogP contribution in [0.4, 0.5) is 5.82 Å². The molecule has 0 bridgehead atoms. The number of aromatic nitrogens is 2. The van der Waals surface area contributed by atoms with Crippen LogP contribution in [-0.2, 0) is 9.53 Å². The van der Waals surface area contributed by atoms with Gasteiger partial charge in [-0.3, -0.25) is 9.78 Å². The van der Waals surface area contributed by atoms with Gasteiger partial charge < -0.3 is 14.5 Å². The van der Waals surface area contributed by atoms with Crippen molar-refractivity contribution >= 4 is 11.7 Å². The standard InChI is InChI=1S/C19H28N4O2/c1-15-18(21-9-8-20-15)22-10-6-19(7-11-22)5-4-17(24)23(14-19)13-16-3-2-12-25-16/h8-9,16H,2-7,10-14H2,1H3/t16-/m1/s1. The summed E-state index contributed by atoms with van der Waals surface area (Å²) in [6.07, 6.45) is 9.96. The summed E-state index contributed by atoms with van der Waals surface area (Å²) in [7, 11) is 0. The molecule has 3 aliphatic rings. The van der Waals surface area contributed by atoms with Gasteiger partial charge in [-0.2, -0.15) is 0 Å². The fourth-order valence-corrected chi connectivity index (χ4v) is 4.61. The molecule has 3 aliphatic heterocycles. The zero-order chi connectivity index (χ0) is 17.3. The molecular weight excluding hydrogens is 316 g/mol. The topological polar surface area (TPSA) is 58.6 Å². The lowest BCUT2D eigenvalue weighted by Gasteiger charge is -2.48. The molecule has 1 aromatic rings. The molecule has 0 saturated carbocycles. The summed E-state index contributed by atoms with van der Waals surface area (Å²) in [5.41, 5.74) is 1.27. The molecular formula is C19H28N4O2. The van der Waals surface area contributed by atoms with Crippen molar-refractivity contribution in [1.82, 2.24) is 14.9 Å². The molecule has 0 unspecified atom stereocenters. The zero-order valence-electron chi connectivity index (χ0n) is 15.1. The van der Waals surface area contributed by atoms with Crippen LogP contribution < -0.4 is 4.90 Å². The van der Waals surface area contributed by atoms with Crippen molar-refractivity contribution in [2.24, 2.45) is 5.41 Å². The van der Waals surface area contributed by atoms with Crippen LogP contribution in [0, 0.1) is 12.3 Å². The number of hydrogen-bond donors (Lipinski definition) is 0. The molecule has 1 spiro atoms. The van der Waals surface area contributed by atoms with Gasteiger partial charge in [0, 0.05) is 51.6 Å². The SMILES string of the molecule is Cc1nccnc1N1CCC2(CCC(=O)N(C[C@H]3CCCO3)C2)CC1. The Bertz CT molecular complexity index is 622. The van der Waals surface area contributed by atoms with E-state index in [1.807, 2.05) is 6.92 Å². The normalized spacial score (nSPS) is 26.4. The van der Waals surface area contributed by atoms with E-state index in [-0.39, 0.29) is 11.5 Å². The van der Waals surface area contributed by atoms with Crippen molar-refractivity contribution in [1.29, 1.82) is 0 Å². The second-order valence-corrected chi connectivity index (χ2v) is 7.86. The van der Waals surface area contributed by atoms with Crippen LogP contribution in [0.25, 0.3) is 0 Å². The Balaban J connectivity index is 1.39. The first-order chi connectivity index (χ1) is 12.2. The molecule has 0 radical (unpaired) electrons. The molecule has 0 aliphatic carbocycles. The minimum Gasteiger partial charge on any atom is -0.376 e. The third kappa shape index (κ3) is 3.50. The number of anilines is 1. The largest absolute Gasteiger partial charge is 0.376 e. The molecule has 1 atom stereocenters. The first kappa shape index (κ1) is 16.8. The average Bonchev–Trinajstić information content (AvgIpc) is 3.13. The summed E-state index contributed by atoms with van der Waals surface area (Å²) in [5.74, 6) is 1.33. The van der Waals surface area contributed by atoms with E-state index < -0.39 is 0 Å². The van der Waals surface area contributed by atoms with Crippen LogP contribution >= 0.6 is 0 Å². The Labute approximate surface area is 149 Å². The fourth-order valence-electron chi connectivity index (χ4n) is 4.61. The Hall–Kier alpha value is -1.69. The summed E-state index contributed by atoms with van der Waals surface area (Å²) in [6.45, 7) is 6.56. The second-order valence-electron chi connectivity index (χ2n) is 7.86. The second kappa shape index (κ2) is 6.90. The lowest BCUT2D eigenvalue weighted by Crippen LogP contribution is -2.53. The number of carbonyl (C=O) groups is 1. The van der Waals surface area contributed by atoms with Crippen LogP contribution in [0.2, 0.25) is 0 Å². The van der Waals surface area contributed by atoms with Crippen molar-refractivity contribution in [3.05, 3.63) is 18.1 Å². The van der Waals surface area contributed by atoms with E-state index in [1.165, 1.54) is 0 Å². The fraction of sp³-hybridized carbons (Fsp3) is 0.737. The summed E-state index contributed by atoms with van der Waals surface area (Å²) in [6, 6.07) is 0. The maximum absolute atomic E-state index is 12.4.